The number of urea groups is 1. The number of carbonyl (C=O) groups is 2. The second-order valence-corrected chi connectivity index (χ2v) is 11.1. The Hall–Kier alpha value is -3.82. The van der Waals surface area contributed by atoms with Crippen molar-refractivity contribution in [1.82, 2.24) is 30.8 Å². The summed E-state index contributed by atoms with van der Waals surface area (Å²) in [5.41, 5.74) is 1.37. The highest BCUT2D eigenvalue weighted by atomic mass is 19.4. The topological polar surface area (TPSA) is 136 Å². The molecule has 1 saturated carbocycles. The highest BCUT2D eigenvalue weighted by molar-refractivity contribution is 5.93. The summed E-state index contributed by atoms with van der Waals surface area (Å²) in [5, 5.41) is 12.0. The molecular weight excluding hydrogens is 571 g/mol. The molecule has 2 saturated heterocycles. The van der Waals surface area contributed by atoms with E-state index in [1.54, 1.807) is 18.2 Å². The molecule has 6 rings (SSSR count). The van der Waals surface area contributed by atoms with E-state index in [4.69, 9.17) is 9.15 Å². The zero-order valence-corrected chi connectivity index (χ0v) is 22.3. The molecular formula is C26H27F5N6O5. The molecule has 3 amide bonds. The molecule has 3 aromatic rings. The normalized spacial score (nSPS) is 23.0. The minimum Gasteiger partial charge on any atom is -0.438 e. The van der Waals surface area contributed by atoms with Crippen molar-refractivity contribution in [2.75, 3.05) is 19.8 Å². The minimum atomic E-state index is -4.60. The Balaban J connectivity index is 1.31. The van der Waals surface area contributed by atoms with E-state index in [2.05, 4.69) is 25.2 Å². The van der Waals surface area contributed by atoms with E-state index in [0.717, 1.165) is 4.90 Å². The lowest BCUT2D eigenvalue weighted by atomic mass is 9.82. The number of rotatable bonds is 7. The Labute approximate surface area is 235 Å². The number of hydrogen-bond acceptors (Lipinski definition) is 8. The van der Waals surface area contributed by atoms with Crippen molar-refractivity contribution < 1.29 is 45.3 Å². The lowest BCUT2D eigenvalue weighted by molar-refractivity contribution is -0.151. The van der Waals surface area contributed by atoms with Crippen LogP contribution in [0.5, 0.6) is 0 Å². The fraction of sp³-hybridized carbons (Fsp3) is 0.577. The second kappa shape index (κ2) is 10.5. The number of fused-ring (bicyclic) bond motifs is 1. The number of benzene rings is 1. The molecule has 3 fully saturated rings. The number of nitrogens with one attached hydrogen (secondary N) is 2. The van der Waals surface area contributed by atoms with E-state index in [9.17, 15) is 31.5 Å². The largest absolute Gasteiger partial charge is 0.438 e. The van der Waals surface area contributed by atoms with Gasteiger partial charge in [0.2, 0.25) is 11.8 Å². The fourth-order valence-electron chi connectivity index (χ4n) is 5.83. The predicted molar refractivity (Wildman–Crippen MR) is 132 cm³/mol. The third-order valence-electron chi connectivity index (χ3n) is 8.20. The van der Waals surface area contributed by atoms with Crippen LogP contribution in [0.1, 0.15) is 65.4 Å². The fourth-order valence-corrected chi connectivity index (χ4v) is 5.83. The molecule has 42 heavy (non-hydrogen) atoms. The van der Waals surface area contributed by atoms with Crippen LogP contribution in [-0.2, 0) is 4.74 Å². The Morgan fingerprint density at radius 3 is 2.50 bits per heavy atom. The van der Waals surface area contributed by atoms with Crippen molar-refractivity contribution in [3.8, 4) is 0 Å². The molecule has 0 spiro atoms. The van der Waals surface area contributed by atoms with Crippen molar-refractivity contribution in [2.24, 2.45) is 11.8 Å². The van der Waals surface area contributed by atoms with E-state index in [-0.39, 0.29) is 62.1 Å². The Morgan fingerprint density at radius 2 is 1.90 bits per heavy atom. The van der Waals surface area contributed by atoms with Gasteiger partial charge in [-0.1, -0.05) is 11.2 Å². The number of alkyl halides is 5. The van der Waals surface area contributed by atoms with E-state index in [0.29, 0.717) is 16.7 Å². The van der Waals surface area contributed by atoms with Gasteiger partial charge < -0.3 is 24.7 Å². The van der Waals surface area contributed by atoms with Gasteiger partial charge in [-0.15, -0.1) is 0 Å². The maximum absolute atomic E-state index is 14.0. The van der Waals surface area contributed by atoms with Gasteiger partial charge in [0.15, 0.2) is 11.3 Å². The van der Waals surface area contributed by atoms with Gasteiger partial charge in [-0.2, -0.15) is 13.2 Å². The van der Waals surface area contributed by atoms with Crippen molar-refractivity contribution in [3.63, 3.8) is 0 Å². The van der Waals surface area contributed by atoms with Crippen molar-refractivity contribution in [1.29, 1.82) is 0 Å². The van der Waals surface area contributed by atoms with Crippen molar-refractivity contribution in [3.05, 3.63) is 41.0 Å². The number of aryl methyl sites for hydroxylation is 1. The van der Waals surface area contributed by atoms with E-state index < -0.39 is 54.6 Å². The first-order valence-electron chi connectivity index (χ1n) is 13.5. The van der Waals surface area contributed by atoms with Crippen LogP contribution in [-0.4, -0.2) is 70.0 Å². The SMILES string of the molecule is Cc1nonc1C(=O)NC(c1nc2cc(C(C3COC3)N3CC(C(F)(F)F)NC3=O)ccc2o1)C1CCC(F)(F)CC1. The van der Waals surface area contributed by atoms with Crippen LogP contribution in [0.3, 0.4) is 0 Å². The zero-order chi connectivity index (χ0) is 29.8. The lowest BCUT2D eigenvalue weighted by Gasteiger charge is -2.39. The summed E-state index contributed by atoms with van der Waals surface area (Å²) in [4.78, 5) is 31.4. The van der Waals surface area contributed by atoms with Gasteiger partial charge in [0.25, 0.3) is 5.91 Å². The maximum Gasteiger partial charge on any atom is 0.410 e. The van der Waals surface area contributed by atoms with Crippen molar-refractivity contribution >= 4 is 23.0 Å². The van der Waals surface area contributed by atoms with Crippen LogP contribution in [0.15, 0.2) is 27.2 Å². The predicted octanol–water partition coefficient (Wildman–Crippen LogP) is 4.46. The monoisotopic (exact) mass is 598 g/mol. The third-order valence-corrected chi connectivity index (χ3v) is 8.20. The number of amides is 3. The van der Waals surface area contributed by atoms with Crippen LogP contribution in [0.4, 0.5) is 26.7 Å². The average Bonchev–Trinajstić information content (AvgIpc) is 3.62. The summed E-state index contributed by atoms with van der Waals surface area (Å²) in [6.07, 6.45) is -5.11. The standard InChI is InChI=1S/C26H27F5N6O5/c1-12-19(36-42-35-12)22(38)34-20(13-4-6-25(27,28)7-5-13)23-32-16-8-14(2-3-17(16)41-23)21(15-10-40-11-15)37-9-18(26(29,30)31)33-24(37)39/h2-3,8,13,15,18,20-21H,4-7,9-11H2,1H3,(H,33,39)(H,34,38). The van der Waals surface area contributed by atoms with E-state index >= 15 is 0 Å². The first-order chi connectivity index (χ1) is 19.9. The molecule has 11 nitrogen and oxygen atoms in total. The van der Waals surface area contributed by atoms with Crippen LogP contribution < -0.4 is 10.6 Å². The molecule has 0 bridgehead atoms. The summed E-state index contributed by atoms with van der Waals surface area (Å²) < 4.78 is 83.9. The molecule has 226 valence electrons. The van der Waals surface area contributed by atoms with E-state index in [1.165, 1.54) is 6.92 Å². The Kier molecular flexibility index (Phi) is 7.06. The number of carbonyl (C=O) groups excluding carboxylic acids is 2. The third kappa shape index (κ3) is 5.39. The number of ether oxygens (including phenoxy) is 1. The maximum atomic E-state index is 14.0. The first-order valence-corrected chi connectivity index (χ1v) is 13.5. The van der Waals surface area contributed by atoms with E-state index in [1.807, 2.05) is 5.32 Å². The van der Waals surface area contributed by atoms with Crippen LogP contribution >= 0.6 is 0 Å². The van der Waals surface area contributed by atoms with Crippen LogP contribution in [0.25, 0.3) is 11.1 Å². The summed E-state index contributed by atoms with van der Waals surface area (Å²) in [6, 6.07) is 0.439. The van der Waals surface area contributed by atoms with Gasteiger partial charge in [0, 0.05) is 18.8 Å². The lowest BCUT2D eigenvalue weighted by Crippen LogP contribution is -2.44. The highest BCUT2D eigenvalue weighted by Crippen LogP contribution is 2.43. The Morgan fingerprint density at radius 1 is 1.17 bits per heavy atom. The summed E-state index contributed by atoms with van der Waals surface area (Å²) >= 11 is 0. The number of halogens is 5. The summed E-state index contributed by atoms with van der Waals surface area (Å²) in [6.45, 7) is 1.51. The molecule has 2 aromatic heterocycles. The van der Waals surface area contributed by atoms with Gasteiger partial charge in [0.1, 0.15) is 23.3 Å². The smallest absolute Gasteiger partial charge is 0.410 e. The zero-order valence-electron chi connectivity index (χ0n) is 22.3. The molecule has 3 unspecified atom stereocenters. The molecule has 3 aliphatic rings. The van der Waals surface area contributed by atoms with Gasteiger partial charge in [-0.3, -0.25) is 4.79 Å². The minimum absolute atomic E-state index is 0.0638. The number of aromatic nitrogens is 3. The number of hydrogen-bond donors (Lipinski definition) is 2. The summed E-state index contributed by atoms with van der Waals surface area (Å²) in [5.74, 6) is -4.01. The molecule has 16 heteroatoms. The van der Waals surface area contributed by atoms with Crippen LogP contribution in [0, 0.1) is 18.8 Å². The molecule has 0 radical (unpaired) electrons. The molecule has 2 N–H and O–H groups in total. The van der Waals surface area contributed by atoms with Crippen molar-refractivity contribution in [2.45, 2.75) is 62.8 Å². The molecule has 2 aliphatic heterocycles. The quantitative estimate of drug-likeness (QED) is 0.381. The molecule has 4 heterocycles. The van der Waals surface area contributed by atoms with Crippen LogP contribution in [0.2, 0.25) is 0 Å². The molecule has 3 atom stereocenters. The molecule has 1 aliphatic carbocycles. The van der Waals surface area contributed by atoms with Gasteiger partial charge in [0.05, 0.1) is 25.8 Å². The van der Waals surface area contributed by atoms with Gasteiger partial charge in [-0.05, 0) is 48.5 Å². The highest BCUT2D eigenvalue weighted by Gasteiger charge is 2.50. The molecule has 1 aromatic carbocycles. The number of nitrogens with zero attached hydrogens (tertiary/aromatic N) is 4. The first kappa shape index (κ1) is 28.3. The van der Waals surface area contributed by atoms with Gasteiger partial charge in [-0.25, -0.2) is 23.2 Å². The Bertz CT molecular complexity index is 1480. The van der Waals surface area contributed by atoms with Gasteiger partial charge >= 0.3 is 12.2 Å². The summed E-state index contributed by atoms with van der Waals surface area (Å²) in [7, 11) is 0. The average molecular weight is 599 g/mol. The second-order valence-electron chi connectivity index (χ2n) is 11.1. The number of oxazole rings is 1.